The van der Waals surface area contributed by atoms with Crippen LogP contribution in [0.3, 0.4) is 0 Å². The summed E-state index contributed by atoms with van der Waals surface area (Å²) in [5.41, 5.74) is 4.07. The van der Waals surface area contributed by atoms with E-state index in [2.05, 4.69) is 56.9 Å². The van der Waals surface area contributed by atoms with Crippen molar-refractivity contribution in [3.8, 4) is 16.8 Å². The molecule has 3 aromatic rings. The molecule has 0 spiro atoms. The summed E-state index contributed by atoms with van der Waals surface area (Å²) in [5, 5.41) is 14.6. The molecule has 8 nitrogen and oxygen atoms in total. The maximum atomic E-state index is 13.2. The fraction of sp³-hybridized carbons (Fsp3) is 0.391. The van der Waals surface area contributed by atoms with Crippen molar-refractivity contribution < 1.29 is 9.53 Å². The average Bonchev–Trinajstić information content (AvgIpc) is 3.29. The number of carbonyl (C=O) groups excluding carboxylic acids is 1. The van der Waals surface area contributed by atoms with Gasteiger partial charge in [-0.05, 0) is 60.5 Å². The van der Waals surface area contributed by atoms with Gasteiger partial charge < -0.3 is 10.1 Å². The molecule has 1 N–H and O–H groups in total. The zero-order valence-corrected chi connectivity index (χ0v) is 18.2. The highest BCUT2D eigenvalue weighted by molar-refractivity contribution is 5.96. The highest BCUT2D eigenvalue weighted by Crippen LogP contribution is 2.25. The number of amides is 1. The van der Waals surface area contributed by atoms with Crippen LogP contribution in [0.4, 0.5) is 0 Å². The largest absolute Gasteiger partial charge is 0.379 e. The summed E-state index contributed by atoms with van der Waals surface area (Å²) >= 11 is 0. The van der Waals surface area contributed by atoms with Gasteiger partial charge in [0.05, 0.1) is 18.9 Å². The molecule has 1 aliphatic rings. The van der Waals surface area contributed by atoms with Crippen LogP contribution in [0.15, 0.2) is 48.8 Å². The first-order valence-corrected chi connectivity index (χ1v) is 10.5. The number of ether oxygens (including phenoxy) is 1. The number of hydrogen-bond acceptors (Lipinski definition) is 6. The minimum Gasteiger partial charge on any atom is -0.379 e. The molecule has 2 aromatic carbocycles. The molecule has 162 valence electrons. The lowest BCUT2D eigenvalue weighted by Crippen LogP contribution is -2.53. The van der Waals surface area contributed by atoms with Gasteiger partial charge in [-0.25, -0.2) is 4.68 Å². The first-order valence-electron chi connectivity index (χ1n) is 10.5. The Labute approximate surface area is 182 Å². The number of morpholine rings is 1. The molecule has 0 unspecified atom stereocenters. The highest BCUT2D eigenvalue weighted by Gasteiger charge is 2.26. The summed E-state index contributed by atoms with van der Waals surface area (Å²) in [6.45, 7) is 10.1. The van der Waals surface area contributed by atoms with Crippen molar-refractivity contribution in [3.05, 3.63) is 59.9 Å². The second-order valence-electron chi connectivity index (χ2n) is 8.62. The van der Waals surface area contributed by atoms with Crippen LogP contribution < -0.4 is 5.32 Å². The van der Waals surface area contributed by atoms with Crippen LogP contribution >= 0.6 is 0 Å². The Bertz CT molecular complexity index is 1020. The number of nitrogens with one attached hydrogen (secondary N) is 1. The molecule has 0 bridgehead atoms. The fourth-order valence-corrected chi connectivity index (χ4v) is 3.80. The molecule has 31 heavy (non-hydrogen) atoms. The Hall–Kier alpha value is -3.10. The van der Waals surface area contributed by atoms with E-state index in [9.17, 15) is 4.79 Å². The molecule has 8 heteroatoms. The van der Waals surface area contributed by atoms with Gasteiger partial charge in [-0.15, -0.1) is 5.10 Å². The van der Waals surface area contributed by atoms with Gasteiger partial charge in [0, 0.05) is 30.7 Å². The molecule has 0 saturated carbocycles. The zero-order valence-electron chi connectivity index (χ0n) is 18.2. The number of rotatable bonds is 6. The van der Waals surface area contributed by atoms with Crippen LogP contribution in [0.2, 0.25) is 0 Å². The SMILES string of the molecule is Cc1ccc(-c2cc(C(=O)NC(C)(C)CN3CCOCC3)cc(-n3cnnn3)c2)cc1. The van der Waals surface area contributed by atoms with Crippen LogP contribution in [0.5, 0.6) is 0 Å². The number of aromatic nitrogens is 4. The predicted octanol–water partition coefficient (Wildman–Crippen LogP) is 2.48. The second kappa shape index (κ2) is 8.95. The van der Waals surface area contributed by atoms with E-state index in [-0.39, 0.29) is 11.4 Å². The standard InChI is InChI=1S/C23H28N6O2/c1-17-4-6-18(7-5-17)19-12-20(14-21(13-19)29-16-24-26-27-29)22(30)25-23(2,3)15-28-8-10-31-11-9-28/h4-7,12-14,16H,8-11,15H2,1-3H3,(H,25,30). The quantitative estimate of drug-likeness (QED) is 0.660. The molecule has 0 radical (unpaired) electrons. The summed E-state index contributed by atoms with van der Waals surface area (Å²) in [4.78, 5) is 15.6. The Balaban J connectivity index is 1.61. The summed E-state index contributed by atoms with van der Waals surface area (Å²) in [5.74, 6) is -0.124. The summed E-state index contributed by atoms with van der Waals surface area (Å²) in [7, 11) is 0. The van der Waals surface area contributed by atoms with Crippen molar-refractivity contribution in [1.29, 1.82) is 0 Å². The lowest BCUT2D eigenvalue weighted by molar-refractivity contribution is 0.0269. The minimum absolute atomic E-state index is 0.124. The number of hydrogen-bond donors (Lipinski definition) is 1. The van der Waals surface area contributed by atoms with Gasteiger partial charge in [-0.2, -0.15) is 0 Å². The first-order chi connectivity index (χ1) is 14.9. The summed E-state index contributed by atoms with van der Waals surface area (Å²) in [6.07, 6.45) is 1.53. The molecular weight excluding hydrogens is 392 g/mol. The van der Waals surface area contributed by atoms with E-state index in [1.807, 2.05) is 32.0 Å². The average molecular weight is 421 g/mol. The van der Waals surface area contributed by atoms with Gasteiger partial charge in [0.25, 0.3) is 5.91 Å². The van der Waals surface area contributed by atoms with E-state index in [0.29, 0.717) is 5.56 Å². The lowest BCUT2D eigenvalue weighted by atomic mass is 9.99. The van der Waals surface area contributed by atoms with E-state index in [1.54, 1.807) is 4.68 Å². The van der Waals surface area contributed by atoms with Gasteiger partial charge in [0.1, 0.15) is 6.33 Å². The highest BCUT2D eigenvalue weighted by atomic mass is 16.5. The van der Waals surface area contributed by atoms with E-state index in [1.165, 1.54) is 11.9 Å². The van der Waals surface area contributed by atoms with Crippen LogP contribution in [0.25, 0.3) is 16.8 Å². The molecule has 0 atom stereocenters. The van der Waals surface area contributed by atoms with Crippen molar-refractivity contribution in [3.63, 3.8) is 0 Å². The monoisotopic (exact) mass is 420 g/mol. The number of benzene rings is 2. The summed E-state index contributed by atoms with van der Waals surface area (Å²) < 4.78 is 6.99. The van der Waals surface area contributed by atoms with Crippen LogP contribution in [0.1, 0.15) is 29.8 Å². The number of tetrazole rings is 1. The van der Waals surface area contributed by atoms with Crippen molar-refractivity contribution in [2.45, 2.75) is 26.3 Å². The van der Waals surface area contributed by atoms with E-state index < -0.39 is 0 Å². The smallest absolute Gasteiger partial charge is 0.251 e. The maximum Gasteiger partial charge on any atom is 0.251 e. The first kappa shape index (κ1) is 21.1. The normalized spacial score (nSPS) is 15.1. The van der Waals surface area contributed by atoms with Crippen LogP contribution in [0, 0.1) is 6.92 Å². The molecule has 0 aliphatic carbocycles. The fourth-order valence-electron chi connectivity index (χ4n) is 3.80. The molecule has 1 saturated heterocycles. The van der Waals surface area contributed by atoms with E-state index in [4.69, 9.17) is 4.74 Å². The zero-order chi connectivity index (χ0) is 21.8. The van der Waals surface area contributed by atoms with E-state index >= 15 is 0 Å². The molecule has 1 aromatic heterocycles. The third-order valence-corrected chi connectivity index (χ3v) is 5.35. The second-order valence-corrected chi connectivity index (χ2v) is 8.62. The van der Waals surface area contributed by atoms with Gasteiger partial charge in [-0.3, -0.25) is 9.69 Å². The molecule has 1 fully saturated rings. The van der Waals surface area contributed by atoms with Gasteiger partial charge in [0.15, 0.2) is 0 Å². The Morgan fingerprint density at radius 1 is 1.10 bits per heavy atom. The third kappa shape index (κ3) is 5.34. The Kier molecular flexibility index (Phi) is 6.11. The predicted molar refractivity (Wildman–Crippen MR) is 118 cm³/mol. The lowest BCUT2D eigenvalue weighted by Gasteiger charge is -2.35. The summed E-state index contributed by atoms with van der Waals surface area (Å²) in [6, 6.07) is 13.9. The molecule has 1 aliphatic heterocycles. The topological polar surface area (TPSA) is 85.2 Å². The van der Waals surface area contributed by atoms with Gasteiger partial charge >= 0.3 is 0 Å². The minimum atomic E-state index is -0.386. The van der Waals surface area contributed by atoms with Crippen molar-refractivity contribution >= 4 is 5.91 Å². The number of aryl methyl sites for hydroxylation is 1. The van der Waals surface area contributed by atoms with Gasteiger partial charge in [0.2, 0.25) is 0 Å². The molecule has 4 rings (SSSR count). The van der Waals surface area contributed by atoms with E-state index in [0.717, 1.165) is 49.7 Å². The van der Waals surface area contributed by atoms with Gasteiger partial charge in [-0.1, -0.05) is 29.8 Å². The van der Waals surface area contributed by atoms with Crippen LogP contribution in [-0.4, -0.2) is 69.4 Å². The number of nitrogens with zero attached hydrogens (tertiary/aromatic N) is 5. The number of carbonyl (C=O) groups is 1. The van der Waals surface area contributed by atoms with Crippen molar-refractivity contribution in [2.24, 2.45) is 0 Å². The molecule has 2 heterocycles. The Morgan fingerprint density at radius 2 is 1.84 bits per heavy atom. The third-order valence-electron chi connectivity index (χ3n) is 5.35. The maximum absolute atomic E-state index is 13.2. The molecule has 1 amide bonds. The Morgan fingerprint density at radius 3 is 2.52 bits per heavy atom. The molecular formula is C23H28N6O2. The van der Waals surface area contributed by atoms with Crippen LogP contribution in [-0.2, 0) is 4.74 Å². The van der Waals surface area contributed by atoms with Crippen molar-refractivity contribution in [1.82, 2.24) is 30.4 Å². The van der Waals surface area contributed by atoms with Crippen molar-refractivity contribution in [2.75, 3.05) is 32.8 Å².